The van der Waals surface area contributed by atoms with Crippen LogP contribution in [-0.2, 0) is 11.3 Å². The Labute approximate surface area is 125 Å². The normalized spacial score (nSPS) is 19.8. The molecule has 1 atom stereocenters. The zero-order valence-corrected chi connectivity index (χ0v) is 12.6. The predicted molar refractivity (Wildman–Crippen MR) is 80.1 cm³/mol. The van der Waals surface area contributed by atoms with Crippen molar-refractivity contribution in [1.82, 2.24) is 9.80 Å². The zero-order valence-electron chi connectivity index (χ0n) is 12.6. The smallest absolute Gasteiger partial charge is 0.335 e. The Hall–Kier alpha value is -1.88. The van der Waals surface area contributed by atoms with E-state index in [2.05, 4.69) is 4.90 Å². The Morgan fingerprint density at radius 3 is 2.43 bits per heavy atom. The first-order valence-electron chi connectivity index (χ1n) is 7.41. The Bertz CT molecular complexity index is 513. The molecule has 1 aromatic carbocycles. The number of carboxylic acids is 1. The van der Waals surface area contributed by atoms with Crippen molar-refractivity contribution in [3.8, 4) is 0 Å². The van der Waals surface area contributed by atoms with Gasteiger partial charge in [-0.05, 0) is 31.0 Å². The fourth-order valence-electron chi connectivity index (χ4n) is 2.81. The number of benzene rings is 1. The van der Waals surface area contributed by atoms with Crippen LogP contribution in [-0.4, -0.2) is 52.5 Å². The van der Waals surface area contributed by atoms with Gasteiger partial charge in [0, 0.05) is 26.2 Å². The average molecular weight is 290 g/mol. The number of amides is 1. The number of hydrogen-bond acceptors (Lipinski definition) is 3. The molecule has 21 heavy (non-hydrogen) atoms. The number of carbonyl (C=O) groups excluding carboxylic acids is 1. The number of hydrogen-bond donors (Lipinski definition) is 1. The van der Waals surface area contributed by atoms with Gasteiger partial charge in [-0.3, -0.25) is 9.69 Å². The van der Waals surface area contributed by atoms with Crippen LogP contribution in [0.5, 0.6) is 0 Å². The van der Waals surface area contributed by atoms with Gasteiger partial charge in [0.05, 0.1) is 11.6 Å². The molecule has 114 valence electrons. The Morgan fingerprint density at radius 1 is 1.24 bits per heavy atom. The molecule has 1 saturated heterocycles. The standard InChI is InChI=1S/C16H22N2O3/c1-3-14-15(19)17(4-2)9-10-18(14)11-12-5-7-13(8-6-12)16(20)21/h5-8,14H,3-4,9-11H2,1-2H3,(H,20,21). The molecular weight excluding hydrogens is 268 g/mol. The molecule has 1 aliphatic heterocycles. The Morgan fingerprint density at radius 2 is 1.90 bits per heavy atom. The Balaban J connectivity index is 2.07. The highest BCUT2D eigenvalue weighted by Gasteiger charge is 2.32. The molecule has 5 nitrogen and oxygen atoms in total. The lowest BCUT2D eigenvalue weighted by molar-refractivity contribution is -0.142. The SMILES string of the molecule is CCC1C(=O)N(CC)CCN1Cc1ccc(C(=O)O)cc1. The maximum atomic E-state index is 12.3. The monoisotopic (exact) mass is 290 g/mol. The second-order valence-corrected chi connectivity index (χ2v) is 5.31. The van der Waals surface area contributed by atoms with E-state index in [0.717, 1.165) is 31.6 Å². The number of rotatable bonds is 5. The van der Waals surface area contributed by atoms with E-state index >= 15 is 0 Å². The van der Waals surface area contributed by atoms with Crippen LogP contribution in [0.3, 0.4) is 0 Å². The maximum Gasteiger partial charge on any atom is 0.335 e. The van der Waals surface area contributed by atoms with Crippen molar-refractivity contribution in [3.05, 3.63) is 35.4 Å². The van der Waals surface area contributed by atoms with Crippen molar-refractivity contribution in [2.75, 3.05) is 19.6 Å². The van der Waals surface area contributed by atoms with E-state index in [9.17, 15) is 9.59 Å². The third kappa shape index (κ3) is 3.42. The zero-order chi connectivity index (χ0) is 15.4. The summed E-state index contributed by atoms with van der Waals surface area (Å²) < 4.78 is 0. The van der Waals surface area contributed by atoms with Crippen molar-refractivity contribution in [1.29, 1.82) is 0 Å². The highest BCUT2D eigenvalue weighted by atomic mass is 16.4. The lowest BCUT2D eigenvalue weighted by atomic mass is 10.1. The second kappa shape index (κ2) is 6.72. The molecular formula is C16H22N2O3. The van der Waals surface area contributed by atoms with Crippen molar-refractivity contribution in [3.63, 3.8) is 0 Å². The highest BCUT2D eigenvalue weighted by molar-refractivity contribution is 5.87. The molecule has 0 radical (unpaired) electrons. The molecule has 1 amide bonds. The number of carboxylic acid groups (broad SMARTS) is 1. The van der Waals surface area contributed by atoms with Crippen LogP contribution in [0.2, 0.25) is 0 Å². The van der Waals surface area contributed by atoms with Gasteiger partial charge in [-0.2, -0.15) is 0 Å². The van der Waals surface area contributed by atoms with Gasteiger partial charge in [0.1, 0.15) is 0 Å². The topological polar surface area (TPSA) is 60.9 Å². The maximum absolute atomic E-state index is 12.3. The van der Waals surface area contributed by atoms with Gasteiger partial charge >= 0.3 is 5.97 Å². The van der Waals surface area contributed by atoms with E-state index in [1.54, 1.807) is 12.1 Å². The first-order chi connectivity index (χ1) is 10.1. The number of aromatic carboxylic acids is 1. The molecule has 0 aromatic heterocycles. The third-order valence-corrected chi connectivity index (χ3v) is 4.05. The summed E-state index contributed by atoms with van der Waals surface area (Å²) in [6, 6.07) is 6.81. The molecule has 0 spiro atoms. The highest BCUT2D eigenvalue weighted by Crippen LogP contribution is 2.18. The lowest BCUT2D eigenvalue weighted by Crippen LogP contribution is -2.56. The van der Waals surface area contributed by atoms with E-state index in [-0.39, 0.29) is 17.5 Å². The van der Waals surface area contributed by atoms with E-state index in [1.807, 2.05) is 30.9 Å². The van der Waals surface area contributed by atoms with Crippen LogP contribution < -0.4 is 0 Å². The molecule has 1 aliphatic rings. The van der Waals surface area contributed by atoms with Crippen molar-refractivity contribution in [2.24, 2.45) is 0 Å². The van der Waals surface area contributed by atoms with Crippen molar-refractivity contribution < 1.29 is 14.7 Å². The Kier molecular flexibility index (Phi) is 4.96. The summed E-state index contributed by atoms with van der Waals surface area (Å²) in [5.41, 5.74) is 1.33. The van der Waals surface area contributed by atoms with Gasteiger partial charge in [-0.1, -0.05) is 19.1 Å². The summed E-state index contributed by atoms with van der Waals surface area (Å²) in [4.78, 5) is 27.3. The molecule has 0 aliphatic carbocycles. The van der Waals surface area contributed by atoms with Crippen LogP contribution in [0.15, 0.2) is 24.3 Å². The van der Waals surface area contributed by atoms with Crippen LogP contribution >= 0.6 is 0 Å². The fourth-order valence-corrected chi connectivity index (χ4v) is 2.81. The van der Waals surface area contributed by atoms with Gasteiger partial charge < -0.3 is 10.0 Å². The van der Waals surface area contributed by atoms with Crippen molar-refractivity contribution >= 4 is 11.9 Å². The number of piperazine rings is 1. The fraction of sp³-hybridized carbons (Fsp3) is 0.500. The lowest BCUT2D eigenvalue weighted by Gasteiger charge is -2.40. The molecule has 1 aromatic rings. The summed E-state index contributed by atoms with van der Waals surface area (Å²) in [7, 11) is 0. The molecule has 1 heterocycles. The molecule has 1 fully saturated rings. The molecule has 0 bridgehead atoms. The molecule has 2 rings (SSSR count). The van der Waals surface area contributed by atoms with E-state index in [0.29, 0.717) is 6.54 Å². The summed E-state index contributed by atoms with van der Waals surface area (Å²) in [5.74, 6) is -0.715. The molecule has 1 unspecified atom stereocenters. The summed E-state index contributed by atoms with van der Waals surface area (Å²) in [5, 5.41) is 8.91. The van der Waals surface area contributed by atoms with E-state index in [1.165, 1.54) is 0 Å². The second-order valence-electron chi connectivity index (χ2n) is 5.31. The third-order valence-electron chi connectivity index (χ3n) is 4.05. The predicted octanol–water partition coefficient (Wildman–Crippen LogP) is 1.83. The average Bonchev–Trinajstić information content (AvgIpc) is 2.48. The molecule has 1 N–H and O–H groups in total. The van der Waals surface area contributed by atoms with E-state index < -0.39 is 5.97 Å². The van der Waals surface area contributed by atoms with Crippen LogP contribution in [0.1, 0.15) is 36.2 Å². The first-order valence-corrected chi connectivity index (χ1v) is 7.41. The minimum absolute atomic E-state index is 0.0714. The summed E-state index contributed by atoms with van der Waals surface area (Å²) in [6.07, 6.45) is 0.794. The van der Waals surface area contributed by atoms with Gasteiger partial charge in [0.2, 0.25) is 5.91 Å². The molecule has 0 saturated carbocycles. The summed E-state index contributed by atoms with van der Waals surface area (Å²) >= 11 is 0. The number of likely N-dealkylation sites (N-methyl/N-ethyl adjacent to an activating group) is 1. The van der Waals surface area contributed by atoms with Gasteiger partial charge in [-0.25, -0.2) is 4.79 Å². The summed E-state index contributed by atoms with van der Waals surface area (Å²) in [6.45, 7) is 7.10. The van der Waals surface area contributed by atoms with Crippen LogP contribution in [0.25, 0.3) is 0 Å². The van der Waals surface area contributed by atoms with Crippen LogP contribution in [0.4, 0.5) is 0 Å². The van der Waals surface area contributed by atoms with E-state index in [4.69, 9.17) is 5.11 Å². The number of carbonyl (C=O) groups is 2. The largest absolute Gasteiger partial charge is 0.478 e. The van der Waals surface area contributed by atoms with Crippen molar-refractivity contribution in [2.45, 2.75) is 32.9 Å². The minimum atomic E-state index is -0.917. The van der Waals surface area contributed by atoms with Gasteiger partial charge in [0.15, 0.2) is 0 Å². The molecule has 5 heteroatoms. The van der Waals surface area contributed by atoms with Crippen LogP contribution in [0, 0.1) is 0 Å². The quantitative estimate of drug-likeness (QED) is 0.898. The number of nitrogens with zero attached hydrogens (tertiary/aromatic N) is 2. The minimum Gasteiger partial charge on any atom is -0.478 e. The van der Waals surface area contributed by atoms with Gasteiger partial charge in [0.25, 0.3) is 0 Å². The first kappa shape index (κ1) is 15.5. The van der Waals surface area contributed by atoms with Gasteiger partial charge in [-0.15, -0.1) is 0 Å².